The summed E-state index contributed by atoms with van der Waals surface area (Å²) in [5, 5.41) is 3.47. The number of pyridine rings is 1. The summed E-state index contributed by atoms with van der Waals surface area (Å²) in [4.78, 5) is 4.22. The first-order valence-electron chi connectivity index (χ1n) is 4.63. The standard InChI is InChI=1S/C10H15N3/c1-10(4-5-10)13-7-9-3-2-8(11)6-12-9/h2-3,6,13H,4-5,7,11H2,1H3. The van der Waals surface area contributed by atoms with E-state index in [9.17, 15) is 0 Å². The van der Waals surface area contributed by atoms with Crippen molar-refractivity contribution in [3.05, 3.63) is 24.0 Å². The minimum atomic E-state index is 0.378. The highest BCUT2D eigenvalue weighted by Gasteiger charge is 2.36. The van der Waals surface area contributed by atoms with Gasteiger partial charge in [0.1, 0.15) is 0 Å². The van der Waals surface area contributed by atoms with Crippen molar-refractivity contribution in [2.45, 2.75) is 31.8 Å². The average Bonchev–Trinajstić information content (AvgIpc) is 2.84. The number of nitrogens with two attached hydrogens (primary N) is 1. The first kappa shape index (κ1) is 8.51. The summed E-state index contributed by atoms with van der Waals surface area (Å²) in [5.74, 6) is 0. The van der Waals surface area contributed by atoms with E-state index in [4.69, 9.17) is 5.73 Å². The van der Waals surface area contributed by atoms with Gasteiger partial charge in [0.2, 0.25) is 0 Å². The van der Waals surface area contributed by atoms with Gasteiger partial charge in [-0.3, -0.25) is 4.98 Å². The number of aromatic nitrogens is 1. The van der Waals surface area contributed by atoms with Crippen molar-refractivity contribution < 1.29 is 0 Å². The lowest BCUT2D eigenvalue weighted by atomic mass is 10.3. The third kappa shape index (κ3) is 2.18. The van der Waals surface area contributed by atoms with Crippen LogP contribution in [-0.2, 0) is 6.54 Å². The SMILES string of the molecule is CC1(NCc2ccc(N)cn2)CC1. The molecule has 0 aromatic carbocycles. The van der Waals surface area contributed by atoms with Gasteiger partial charge in [-0.25, -0.2) is 0 Å². The Balaban J connectivity index is 1.91. The molecule has 0 aliphatic heterocycles. The summed E-state index contributed by atoms with van der Waals surface area (Å²) in [7, 11) is 0. The number of nitrogens with one attached hydrogen (secondary N) is 1. The molecule has 1 aromatic rings. The lowest BCUT2D eigenvalue weighted by Gasteiger charge is -2.10. The predicted octanol–water partition coefficient (Wildman–Crippen LogP) is 1.31. The summed E-state index contributed by atoms with van der Waals surface area (Å²) in [6.45, 7) is 3.08. The second-order valence-electron chi connectivity index (χ2n) is 4.00. The third-order valence-electron chi connectivity index (χ3n) is 2.54. The summed E-state index contributed by atoms with van der Waals surface area (Å²) < 4.78 is 0. The van der Waals surface area contributed by atoms with Crippen molar-refractivity contribution in [1.29, 1.82) is 0 Å². The molecule has 0 atom stereocenters. The molecule has 0 radical (unpaired) electrons. The molecule has 1 aliphatic carbocycles. The molecule has 1 heterocycles. The van der Waals surface area contributed by atoms with Crippen LogP contribution < -0.4 is 11.1 Å². The number of hydrogen-bond acceptors (Lipinski definition) is 3. The molecule has 0 bridgehead atoms. The lowest BCUT2D eigenvalue weighted by Crippen LogP contribution is -2.27. The Kier molecular flexibility index (Phi) is 1.96. The Hall–Kier alpha value is -1.09. The summed E-state index contributed by atoms with van der Waals surface area (Å²) in [6, 6.07) is 3.85. The fourth-order valence-corrected chi connectivity index (χ4v) is 1.21. The van der Waals surface area contributed by atoms with Gasteiger partial charge in [0.15, 0.2) is 0 Å². The van der Waals surface area contributed by atoms with Crippen LogP contribution in [0, 0.1) is 0 Å². The maximum atomic E-state index is 5.54. The van der Waals surface area contributed by atoms with Crippen molar-refractivity contribution >= 4 is 5.69 Å². The number of hydrogen-bond donors (Lipinski definition) is 2. The highest BCUT2D eigenvalue weighted by atomic mass is 15.0. The fraction of sp³-hybridized carbons (Fsp3) is 0.500. The normalized spacial score (nSPS) is 18.5. The van der Waals surface area contributed by atoms with Crippen LogP contribution in [0.15, 0.2) is 18.3 Å². The van der Waals surface area contributed by atoms with Crippen molar-refractivity contribution in [2.24, 2.45) is 0 Å². The first-order chi connectivity index (χ1) is 6.18. The van der Waals surface area contributed by atoms with Crippen LogP contribution in [0.1, 0.15) is 25.5 Å². The molecule has 3 N–H and O–H groups in total. The van der Waals surface area contributed by atoms with Gasteiger partial charge in [0, 0.05) is 12.1 Å². The van der Waals surface area contributed by atoms with Crippen molar-refractivity contribution in [3.63, 3.8) is 0 Å². The molecule has 0 unspecified atom stereocenters. The molecule has 0 spiro atoms. The van der Waals surface area contributed by atoms with Crippen molar-refractivity contribution in [1.82, 2.24) is 10.3 Å². The molecule has 3 heteroatoms. The van der Waals surface area contributed by atoms with E-state index in [1.54, 1.807) is 6.20 Å². The van der Waals surface area contributed by atoms with Gasteiger partial charge < -0.3 is 11.1 Å². The highest BCUT2D eigenvalue weighted by Crippen LogP contribution is 2.34. The molecule has 13 heavy (non-hydrogen) atoms. The summed E-state index contributed by atoms with van der Waals surface area (Å²) in [5.41, 5.74) is 7.70. The molecule has 1 fully saturated rings. The lowest BCUT2D eigenvalue weighted by molar-refractivity contribution is 0.532. The molecular formula is C10H15N3. The quantitative estimate of drug-likeness (QED) is 0.731. The van der Waals surface area contributed by atoms with Gasteiger partial charge in [-0.15, -0.1) is 0 Å². The molecule has 1 aromatic heterocycles. The Morgan fingerprint density at radius 2 is 2.31 bits per heavy atom. The van der Waals surface area contributed by atoms with Gasteiger partial charge in [0.25, 0.3) is 0 Å². The third-order valence-corrected chi connectivity index (χ3v) is 2.54. The van der Waals surface area contributed by atoms with Crippen molar-refractivity contribution in [2.75, 3.05) is 5.73 Å². The van der Waals surface area contributed by atoms with E-state index in [0.717, 1.165) is 17.9 Å². The minimum Gasteiger partial charge on any atom is -0.397 e. The monoisotopic (exact) mass is 177 g/mol. The molecule has 3 nitrogen and oxygen atoms in total. The predicted molar refractivity (Wildman–Crippen MR) is 53.1 cm³/mol. The average molecular weight is 177 g/mol. The van der Waals surface area contributed by atoms with Gasteiger partial charge in [-0.05, 0) is 31.9 Å². The van der Waals surface area contributed by atoms with E-state index in [1.165, 1.54) is 12.8 Å². The zero-order valence-electron chi connectivity index (χ0n) is 7.88. The van der Waals surface area contributed by atoms with E-state index in [1.807, 2.05) is 12.1 Å². The second kappa shape index (κ2) is 3.00. The first-order valence-corrected chi connectivity index (χ1v) is 4.63. The van der Waals surface area contributed by atoms with Gasteiger partial charge in [0.05, 0.1) is 17.6 Å². The fourth-order valence-electron chi connectivity index (χ4n) is 1.21. The second-order valence-corrected chi connectivity index (χ2v) is 4.00. The van der Waals surface area contributed by atoms with Gasteiger partial charge in [-0.1, -0.05) is 0 Å². The van der Waals surface area contributed by atoms with E-state index < -0.39 is 0 Å². The Bertz CT molecular complexity index is 288. The molecule has 2 rings (SSSR count). The minimum absolute atomic E-state index is 0.378. The zero-order chi connectivity index (χ0) is 9.31. The molecule has 0 amide bonds. The topological polar surface area (TPSA) is 50.9 Å². The number of nitrogen functional groups attached to an aromatic ring is 1. The zero-order valence-corrected chi connectivity index (χ0v) is 7.88. The summed E-state index contributed by atoms with van der Waals surface area (Å²) in [6.07, 6.45) is 4.26. The molecule has 1 saturated carbocycles. The largest absolute Gasteiger partial charge is 0.397 e. The van der Waals surface area contributed by atoms with E-state index >= 15 is 0 Å². The van der Waals surface area contributed by atoms with Crippen molar-refractivity contribution in [3.8, 4) is 0 Å². The maximum absolute atomic E-state index is 5.54. The summed E-state index contributed by atoms with van der Waals surface area (Å²) >= 11 is 0. The van der Waals surface area contributed by atoms with Gasteiger partial charge in [-0.2, -0.15) is 0 Å². The Morgan fingerprint density at radius 1 is 1.54 bits per heavy atom. The van der Waals surface area contributed by atoms with Crippen LogP contribution >= 0.6 is 0 Å². The van der Waals surface area contributed by atoms with Crippen LogP contribution in [0.5, 0.6) is 0 Å². The number of anilines is 1. The number of rotatable bonds is 3. The molecule has 0 saturated heterocycles. The maximum Gasteiger partial charge on any atom is 0.0543 e. The van der Waals surface area contributed by atoms with Crippen LogP contribution in [0.25, 0.3) is 0 Å². The van der Waals surface area contributed by atoms with Gasteiger partial charge >= 0.3 is 0 Å². The van der Waals surface area contributed by atoms with Crippen LogP contribution in [0.2, 0.25) is 0 Å². The molecule has 70 valence electrons. The Labute approximate surface area is 78.4 Å². The number of nitrogens with zero attached hydrogens (tertiary/aromatic N) is 1. The van der Waals surface area contributed by atoms with E-state index in [-0.39, 0.29) is 0 Å². The Morgan fingerprint density at radius 3 is 2.85 bits per heavy atom. The van der Waals surface area contributed by atoms with E-state index in [0.29, 0.717) is 5.54 Å². The van der Waals surface area contributed by atoms with Crippen LogP contribution in [-0.4, -0.2) is 10.5 Å². The van der Waals surface area contributed by atoms with Crippen LogP contribution in [0.4, 0.5) is 5.69 Å². The molecular weight excluding hydrogens is 162 g/mol. The highest BCUT2D eigenvalue weighted by molar-refractivity contribution is 5.34. The van der Waals surface area contributed by atoms with Crippen LogP contribution in [0.3, 0.4) is 0 Å². The van der Waals surface area contributed by atoms with E-state index in [2.05, 4.69) is 17.2 Å². The smallest absolute Gasteiger partial charge is 0.0543 e. The molecule has 1 aliphatic rings.